The predicted octanol–water partition coefficient (Wildman–Crippen LogP) is 5.81. The molecular formula is C22H24Cl2N2O. The van der Waals surface area contributed by atoms with Crippen molar-refractivity contribution < 1.29 is 4.74 Å². The number of aromatic nitrogens is 1. The van der Waals surface area contributed by atoms with E-state index < -0.39 is 0 Å². The highest BCUT2D eigenvalue weighted by molar-refractivity contribution is 6.30. The normalized spacial score (nSPS) is 18.1. The second kappa shape index (κ2) is 9.03. The Morgan fingerprint density at radius 3 is 2.59 bits per heavy atom. The lowest BCUT2D eigenvalue weighted by Crippen LogP contribution is -2.39. The summed E-state index contributed by atoms with van der Waals surface area (Å²) in [7, 11) is 1.80. The molecule has 5 heteroatoms. The minimum Gasteiger partial charge on any atom is -0.375 e. The smallest absolute Gasteiger partial charge is 0.0981 e. The number of pyridine rings is 1. The summed E-state index contributed by atoms with van der Waals surface area (Å²) in [5, 5.41) is 5.53. The molecule has 3 nitrogen and oxygen atoms in total. The first kappa shape index (κ1) is 20.1. The molecule has 1 aromatic heterocycles. The predicted molar refractivity (Wildman–Crippen MR) is 115 cm³/mol. The summed E-state index contributed by atoms with van der Waals surface area (Å²) in [4.78, 5) is 4.88. The van der Waals surface area contributed by atoms with Gasteiger partial charge in [-0.3, -0.25) is 0 Å². The first-order chi connectivity index (χ1) is 12.8. The lowest BCUT2D eigenvalue weighted by molar-refractivity contribution is 0.0596. The van der Waals surface area contributed by atoms with E-state index in [4.69, 9.17) is 21.3 Å². The Balaban J connectivity index is 0.00000210. The molecule has 1 saturated heterocycles. The van der Waals surface area contributed by atoms with Crippen LogP contribution in [-0.4, -0.2) is 24.7 Å². The van der Waals surface area contributed by atoms with Gasteiger partial charge in [0.1, 0.15) is 0 Å². The molecule has 3 aromatic rings. The Hall–Kier alpha value is -1.65. The molecule has 0 spiro atoms. The molecule has 2 atom stereocenters. The number of fused-ring (bicyclic) bond motifs is 1. The number of piperidine rings is 1. The fourth-order valence-corrected chi connectivity index (χ4v) is 3.98. The third-order valence-corrected chi connectivity index (χ3v) is 5.41. The van der Waals surface area contributed by atoms with Gasteiger partial charge in [-0.2, -0.15) is 0 Å². The molecule has 2 aromatic carbocycles. The number of ether oxygens (including phenoxy) is 1. The van der Waals surface area contributed by atoms with Crippen LogP contribution in [0.15, 0.2) is 54.6 Å². The quantitative estimate of drug-likeness (QED) is 0.597. The summed E-state index contributed by atoms with van der Waals surface area (Å²) in [6, 6.07) is 18.7. The molecular weight excluding hydrogens is 379 g/mol. The van der Waals surface area contributed by atoms with E-state index in [2.05, 4.69) is 29.6 Å². The monoisotopic (exact) mass is 402 g/mol. The fourth-order valence-electron chi connectivity index (χ4n) is 3.85. The maximum atomic E-state index is 6.05. The molecule has 1 N–H and O–H groups in total. The number of methoxy groups -OCH3 is 1. The van der Waals surface area contributed by atoms with Crippen molar-refractivity contribution in [1.82, 2.24) is 10.3 Å². The van der Waals surface area contributed by atoms with Gasteiger partial charge in [0.15, 0.2) is 0 Å². The molecule has 142 valence electrons. The van der Waals surface area contributed by atoms with Crippen molar-refractivity contribution in [3.63, 3.8) is 0 Å². The van der Waals surface area contributed by atoms with Crippen molar-refractivity contribution in [3.8, 4) is 11.3 Å². The summed E-state index contributed by atoms with van der Waals surface area (Å²) >= 11 is 6.05. The highest BCUT2D eigenvalue weighted by atomic mass is 35.5. The zero-order valence-electron chi connectivity index (χ0n) is 15.3. The van der Waals surface area contributed by atoms with Crippen LogP contribution in [0.5, 0.6) is 0 Å². The average molecular weight is 403 g/mol. The van der Waals surface area contributed by atoms with Gasteiger partial charge in [-0.15, -0.1) is 12.4 Å². The van der Waals surface area contributed by atoms with E-state index in [1.54, 1.807) is 7.11 Å². The minimum atomic E-state index is 0. The molecule has 1 aliphatic rings. The van der Waals surface area contributed by atoms with Gasteiger partial charge in [-0.05, 0) is 49.2 Å². The molecule has 2 heterocycles. The molecule has 2 unspecified atom stereocenters. The van der Waals surface area contributed by atoms with Crippen LogP contribution in [-0.2, 0) is 4.74 Å². The van der Waals surface area contributed by atoms with Crippen molar-refractivity contribution in [3.05, 3.63) is 65.2 Å². The molecule has 0 radical (unpaired) electrons. The second-order valence-corrected chi connectivity index (χ2v) is 7.27. The van der Waals surface area contributed by atoms with E-state index in [-0.39, 0.29) is 18.5 Å². The first-order valence-electron chi connectivity index (χ1n) is 9.18. The second-order valence-electron chi connectivity index (χ2n) is 6.83. The van der Waals surface area contributed by atoms with Crippen LogP contribution in [0.25, 0.3) is 22.2 Å². The zero-order chi connectivity index (χ0) is 17.9. The average Bonchev–Trinajstić information content (AvgIpc) is 2.70. The van der Waals surface area contributed by atoms with Crippen molar-refractivity contribution >= 4 is 34.9 Å². The molecule has 4 rings (SSSR count). The van der Waals surface area contributed by atoms with Crippen molar-refractivity contribution in [2.24, 2.45) is 0 Å². The van der Waals surface area contributed by atoms with E-state index in [0.717, 1.165) is 40.1 Å². The number of benzene rings is 2. The van der Waals surface area contributed by atoms with Crippen LogP contribution >= 0.6 is 24.0 Å². The molecule has 1 aliphatic heterocycles. The summed E-state index contributed by atoms with van der Waals surface area (Å²) in [5.41, 5.74) is 4.20. The maximum Gasteiger partial charge on any atom is 0.0981 e. The number of rotatable bonds is 4. The Morgan fingerprint density at radius 2 is 1.89 bits per heavy atom. The highest BCUT2D eigenvalue weighted by Gasteiger charge is 2.26. The van der Waals surface area contributed by atoms with E-state index in [1.165, 1.54) is 18.4 Å². The van der Waals surface area contributed by atoms with Crippen LogP contribution in [0.3, 0.4) is 0 Å². The zero-order valence-corrected chi connectivity index (χ0v) is 16.9. The van der Waals surface area contributed by atoms with E-state index >= 15 is 0 Å². The minimum absolute atomic E-state index is 0. The Labute approximate surface area is 171 Å². The van der Waals surface area contributed by atoms with Crippen LogP contribution in [0.1, 0.15) is 30.9 Å². The van der Waals surface area contributed by atoms with Gasteiger partial charge in [0.25, 0.3) is 0 Å². The number of hydrogen-bond acceptors (Lipinski definition) is 3. The van der Waals surface area contributed by atoms with Gasteiger partial charge in [-0.1, -0.05) is 48.4 Å². The Morgan fingerprint density at radius 1 is 1.11 bits per heavy atom. The van der Waals surface area contributed by atoms with E-state index in [9.17, 15) is 0 Å². The summed E-state index contributed by atoms with van der Waals surface area (Å²) in [6.45, 7) is 1.05. The van der Waals surface area contributed by atoms with Crippen molar-refractivity contribution in [2.45, 2.75) is 31.4 Å². The molecule has 1 fully saturated rings. The van der Waals surface area contributed by atoms with Gasteiger partial charge in [0, 0.05) is 29.1 Å². The van der Waals surface area contributed by atoms with Gasteiger partial charge < -0.3 is 10.1 Å². The first-order valence-corrected chi connectivity index (χ1v) is 9.56. The Bertz CT molecular complexity index is 892. The molecule has 0 bridgehead atoms. The van der Waals surface area contributed by atoms with Gasteiger partial charge in [-0.25, -0.2) is 4.98 Å². The lowest BCUT2D eigenvalue weighted by Gasteiger charge is -2.31. The molecule has 0 saturated carbocycles. The van der Waals surface area contributed by atoms with Crippen LogP contribution in [0.4, 0.5) is 0 Å². The number of halogens is 2. The number of hydrogen-bond donors (Lipinski definition) is 1. The lowest BCUT2D eigenvalue weighted by atomic mass is 9.91. The number of nitrogens with zero attached hydrogens (tertiary/aromatic N) is 1. The third-order valence-electron chi connectivity index (χ3n) is 5.16. The maximum absolute atomic E-state index is 6.05. The fraction of sp³-hybridized carbons (Fsp3) is 0.318. The summed E-state index contributed by atoms with van der Waals surface area (Å²) in [5.74, 6) is 0. The number of para-hydroxylation sites is 1. The van der Waals surface area contributed by atoms with Gasteiger partial charge >= 0.3 is 0 Å². The van der Waals surface area contributed by atoms with Crippen molar-refractivity contribution in [2.75, 3.05) is 13.7 Å². The molecule has 27 heavy (non-hydrogen) atoms. The molecule has 0 amide bonds. The van der Waals surface area contributed by atoms with E-state index in [0.29, 0.717) is 6.04 Å². The summed E-state index contributed by atoms with van der Waals surface area (Å²) in [6.07, 6.45) is 3.62. The number of nitrogens with one attached hydrogen (secondary N) is 1. The highest BCUT2D eigenvalue weighted by Crippen LogP contribution is 2.34. The van der Waals surface area contributed by atoms with Crippen LogP contribution in [0.2, 0.25) is 5.02 Å². The summed E-state index contributed by atoms with van der Waals surface area (Å²) < 4.78 is 5.98. The standard InChI is InChI=1S/C22H23ClN2O.ClH/c1-26-22(20-8-4-5-13-24-20)18-14-21(15-9-11-16(23)12-10-15)25-19-7-3-2-6-17(18)19;/h2-3,6-7,9-12,14,20,22,24H,4-5,8,13H2,1H3;1H. The van der Waals surface area contributed by atoms with Crippen LogP contribution < -0.4 is 5.32 Å². The topological polar surface area (TPSA) is 34.1 Å². The Kier molecular flexibility index (Phi) is 6.72. The molecule has 0 aliphatic carbocycles. The van der Waals surface area contributed by atoms with Gasteiger partial charge in [0.05, 0.1) is 17.3 Å². The van der Waals surface area contributed by atoms with Crippen molar-refractivity contribution in [1.29, 1.82) is 0 Å². The van der Waals surface area contributed by atoms with Gasteiger partial charge in [0.2, 0.25) is 0 Å². The van der Waals surface area contributed by atoms with E-state index in [1.807, 2.05) is 30.3 Å². The third kappa shape index (κ3) is 4.27. The largest absolute Gasteiger partial charge is 0.375 e. The van der Waals surface area contributed by atoms with Crippen LogP contribution in [0, 0.1) is 0 Å². The SMILES string of the molecule is COC(c1cc(-c2ccc(Cl)cc2)nc2ccccc12)C1CCCCN1.Cl.